The average Bonchev–Trinajstić information content (AvgIpc) is 2.69. The van der Waals surface area contributed by atoms with Crippen LogP contribution in [0.5, 0.6) is 11.5 Å². The molecular formula is C21H25NO4. The van der Waals surface area contributed by atoms with E-state index in [4.69, 9.17) is 14.2 Å². The highest BCUT2D eigenvalue weighted by atomic mass is 16.6. The SMILES string of the molecule is CCOC(=O)N1CC[C@@H](Oc2cccc(OC)c2)[C@H](c2ccccc2)C1. The summed E-state index contributed by atoms with van der Waals surface area (Å²) in [5.74, 6) is 1.63. The largest absolute Gasteiger partial charge is 0.497 e. The third-order valence-corrected chi connectivity index (χ3v) is 4.63. The van der Waals surface area contributed by atoms with Crippen LogP contribution in [0.1, 0.15) is 24.8 Å². The number of ether oxygens (including phenoxy) is 3. The standard InChI is InChI=1S/C21H25NO4/c1-3-25-21(23)22-13-12-20(19(15-22)16-8-5-4-6-9-16)26-18-11-7-10-17(14-18)24-2/h4-11,14,19-20H,3,12-13,15H2,1-2H3/t19-,20+/m0/s1. The van der Waals surface area contributed by atoms with Crippen LogP contribution in [0.3, 0.4) is 0 Å². The molecule has 26 heavy (non-hydrogen) atoms. The van der Waals surface area contributed by atoms with E-state index < -0.39 is 0 Å². The van der Waals surface area contributed by atoms with Crippen molar-refractivity contribution >= 4 is 6.09 Å². The quantitative estimate of drug-likeness (QED) is 0.810. The lowest BCUT2D eigenvalue weighted by Crippen LogP contribution is -2.47. The predicted octanol–water partition coefficient (Wildman–Crippen LogP) is 4.09. The molecule has 1 aliphatic heterocycles. The van der Waals surface area contributed by atoms with Crippen LogP contribution >= 0.6 is 0 Å². The first-order valence-electron chi connectivity index (χ1n) is 8.98. The molecule has 1 saturated heterocycles. The van der Waals surface area contributed by atoms with Gasteiger partial charge in [-0.25, -0.2) is 4.79 Å². The van der Waals surface area contributed by atoms with Gasteiger partial charge >= 0.3 is 6.09 Å². The van der Waals surface area contributed by atoms with Gasteiger partial charge in [-0.3, -0.25) is 0 Å². The van der Waals surface area contributed by atoms with Gasteiger partial charge in [-0.1, -0.05) is 36.4 Å². The van der Waals surface area contributed by atoms with Crippen LogP contribution in [-0.4, -0.2) is 43.9 Å². The summed E-state index contributed by atoms with van der Waals surface area (Å²) in [6.07, 6.45) is 0.471. The third kappa shape index (κ3) is 4.28. The fourth-order valence-electron chi connectivity index (χ4n) is 3.32. The number of nitrogens with zero attached hydrogens (tertiary/aromatic N) is 1. The summed E-state index contributed by atoms with van der Waals surface area (Å²) in [6, 6.07) is 17.8. The second-order valence-electron chi connectivity index (χ2n) is 6.29. The molecule has 0 N–H and O–H groups in total. The second-order valence-corrected chi connectivity index (χ2v) is 6.29. The Morgan fingerprint density at radius 3 is 2.62 bits per heavy atom. The number of carbonyl (C=O) groups is 1. The first kappa shape index (κ1) is 18.1. The number of methoxy groups -OCH3 is 1. The molecule has 0 bridgehead atoms. The van der Waals surface area contributed by atoms with Gasteiger partial charge in [0.15, 0.2) is 0 Å². The van der Waals surface area contributed by atoms with Crippen molar-refractivity contribution in [3.8, 4) is 11.5 Å². The highest BCUT2D eigenvalue weighted by molar-refractivity contribution is 5.68. The highest BCUT2D eigenvalue weighted by Crippen LogP contribution is 2.32. The first-order valence-corrected chi connectivity index (χ1v) is 8.98. The van der Waals surface area contributed by atoms with Crippen LogP contribution in [0.15, 0.2) is 54.6 Å². The minimum absolute atomic E-state index is 0.0183. The van der Waals surface area contributed by atoms with E-state index in [1.165, 1.54) is 0 Å². The summed E-state index contributed by atoms with van der Waals surface area (Å²) in [5.41, 5.74) is 1.16. The minimum Gasteiger partial charge on any atom is -0.497 e. The lowest BCUT2D eigenvalue weighted by Gasteiger charge is -2.38. The van der Waals surface area contributed by atoms with Crippen molar-refractivity contribution in [2.24, 2.45) is 0 Å². The fraction of sp³-hybridized carbons (Fsp3) is 0.381. The maximum atomic E-state index is 12.2. The molecule has 5 nitrogen and oxygen atoms in total. The van der Waals surface area contributed by atoms with E-state index in [-0.39, 0.29) is 18.1 Å². The average molecular weight is 355 g/mol. The molecule has 1 heterocycles. The molecule has 2 aromatic rings. The Kier molecular flexibility index (Phi) is 6.00. The summed E-state index contributed by atoms with van der Waals surface area (Å²) < 4.78 is 16.8. The summed E-state index contributed by atoms with van der Waals surface area (Å²) in [4.78, 5) is 13.9. The maximum absolute atomic E-state index is 12.2. The van der Waals surface area contributed by atoms with E-state index in [1.807, 2.05) is 49.4 Å². The fourth-order valence-corrected chi connectivity index (χ4v) is 3.32. The van der Waals surface area contributed by atoms with Crippen LogP contribution in [0, 0.1) is 0 Å². The molecule has 0 radical (unpaired) electrons. The van der Waals surface area contributed by atoms with Gasteiger partial charge in [-0.05, 0) is 24.6 Å². The van der Waals surface area contributed by atoms with Crippen molar-refractivity contribution in [1.82, 2.24) is 4.90 Å². The van der Waals surface area contributed by atoms with Gasteiger partial charge in [0.05, 0.1) is 13.7 Å². The van der Waals surface area contributed by atoms with Crippen molar-refractivity contribution in [2.75, 3.05) is 26.8 Å². The predicted molar refractivity (Wildman–Crippen MR) is 99.8 cm³/mol. The molecular weight excluding hydrogens is 330 g/mol. The van der Waals surface area contributed by atoms with Crippen LogP contribution in [-0.2, 0) is 4.74 Å². The van der Waals surface area contributed by atoms with Gasteiger partial charge in [0.25, 0.3) is 0 Å². The van der Waals surface area contributed by atoms with Gasteiger partial charge in [-0.15, -0.1) is 0 Å². The number of amides is 1. The number of carbonyl (C=O) groups excluding carboxylic acids is 1. The topological polar surface area (TPSA) is 48.0 Å². The Hall–Kier alpha value is -2.69. The Bertz CT molecular complexity index is 719. The lowest BCUT2D eigenvalue weighted by molar-refractivity contribution is 0.0573. The number of piperidine rings is 1. The molecule has 0 spiro atoms. The third-order valence-electron chi connectivity index (χ3n) is 4.63. The van der Waals surface area contributed by atoms with Crippen LogP contribution in [0.4, 0.5) is 4.79 Å². The van der Waals surface area contributed by atoms with Crippen molar-refractivity contribution in [3.63, 3.8) is 0 Å². The molecule has 2 aromatic carbocycles. The number of hydrogen-bond donors (Lipinski definition) is 0. The minimum atomic E-state index is -0.256. The lowest BCUT2D eigenvalue weighted by atomic mass is 9.88. The van der Waals surface area contributed by atoms with Crippen molar-refractivity contribution in [2.45, 2.75) is 25.4 Å². The Morgan fingerprint density at radius 2 is 1.88 bits per heavy atom. The Balaban J connectivity index is 1.80. The van der Waals surface area contributed by atoms with E-state index in [1.54, 1.807) is 12.0 Å². The molecule has 3 rings (SSSR count). The normalized spacial score (nSPS) is 19.7. The monoisotopic (exact) mass is 355 g/mol. The van der Waals surface area contributed by atoms with E-state index in [0.717, 1.165) is 23.5 Å². The number of likely N-dealkylation sites (tertiary alicyclic amines) is 1. The van der Waals surface area contributed by atoms with Gasteiger partial charge in [-0.2, -0.15) is 0 Å². The molecule has 1 fully saturated rings. The highest BCUT2D eigenvalue weighted by Gasteiger charge is 2.34. The molecule has 1 amide bonds. The maximum Gasteiger partial charge on any atom is 0.409 e. The summed E-state index contributed by atoms with van der Waals surface area (Å²) in [5, 5.41) is 0. The van der Waals surface area contributed by atoms with E-state index in [2.05, 4.69) is 12.1 Å². The molecule has 0 saturated carbocycles. The van der Waals surface area contributed by atoms with Crippen molar-refractivity contribution in [1.29, 1.82) is 0 Å². The second kappa shape index (κ2) is 8.61. The number of hydrogen-bond acceptors (Lipinski definition) is 4. The molecule has 0 aromatic heterocycles. The molecule has 138 valence electrons. The van der Waals surface area contributed by atoms with E-state index in [0.29, 0.717) is 19.7 Å². The van der Waals surface area contributed by atoms with Crippen LogP contribution in [0.25, 0.3) is 0 Å². The van der Waals surface area contributed by atoms with Crippen molar-refractivity contribution < 1.29 is 19.0 Å². The van der Waals surface area contributed by atoms with E-state index in [9.17, 15) is 4.79 Å². The number of rotatable bonds is 5. The van der Waals surface area contributed by atoms with Crippen LogP contribution in [0.2, 0.25) is 0 Å². The van der Waals surface area contributed by atoms with Gasteiger partial charge in [0.2, 0.25) is 0 Å². The molecule has 0 aliphatic carbocycles. The Morgan fingerprint density at radius 1 is 1.12 bits per heavy atom. The summed E-state index contributed by atoms with van der Waals surface area (Å²) in [7, 11) is 1.64. The molecule has 5 heteroatoms. The van der Waals surface area contributed by atoms with Crippen LogP contribution < -0.4 is 9.47 Å². The zero-order valence-electron chi connectivity index (χ0n) is 15.3. The van der Waals surface area contributed by atoms with Gasteiger partial charge in [0, 0.05) is 31.5 Å². The van der Waals surface area contributed by atoms with Crippen molar-refractivity contribution in [3.05, 3.63) is 60.2 Å². The first-order chi connectivity index (χ1) is 12.7. The van der Waals surface area contributed by atoms with E-state index >= 15 is 0 Å². The smallest absolute Gasteiger partial charge is 0.409 e. The van der Waals surface area contributed by atoms with Gasteiger partial charge in [0.1, 0.15) is 17.6 Å². The Labute approximate surface area is 154 Å². The molecule has 0 unspecified atom stereocenters. The zero-order valence-corrected chi connectivity index (χ0v) is 15.3. The molecule has 2 atom stereocenters. The number of benzene rings is 2. The zero-order chi connectivity index (χ0) is 18.4. The molecule has 1 aliphatic rings. The summed E-state index contributed by atoms with van der Waals surface area (Å²) in [6.45, 7) is 3.41. The summed E-state index contributed by atoms with van der Waals surface area (Å²) >= 11 is 0. The van der Waals surface area contributed by atoms with Gasteiger partial charge < -0.3 is 19.1 Å².